The molecule has 0 atom stereocenters. The van der Waals surface area contributed by atoms with E-state index in [4.69, 9.17) is 9.97 Å². The van der Waals surface area contributed by atoms with E-state index in [1.54, 1.807) is 6.20 Å². The van der Waals surface area contributed by atoms with Crippen molar-refractivity contribution in [1.82, 2.24) is 24.3 Å². The summed E-state index contributed by atoms with van der Waals surface area (Å²) in [5.74, 6) is 0.390. The maximum atomic E-state index is 12.8. The van der Waals surface area contributed by atoms with E-state index in [0.29, 0.717) is 16.5 Å². The first kappa shape index (κ1) is 26.1. The smallest absolute Gasteiger partial charge is 0.265 e. The number of carbonyl (C=O) groups excluding carboxylic acids is 1. The fraction of sp³-hybridized carbons (Fsp3) is 0.152. The number of aromatic nitrogens is 4. The molecule has 7 rings (SSSR count). The Kier molecular flexibility index (Phi) is 6.73. The molecular weight excluding hydrogens is 542 g/mol. The van der Waals surface area contributed by atoms with Gasteiger partial charge in [0.25, 0.3) is 5.91 Å². The van der Waals surface area contributed by atoms with Crippen molar-refractivity contribution in [3.8, 4) is 22.6 Å². The lowest BCUT2D eigenvalue weighted by Crippen LogP contribution is -2.26. The normalized spacial score (nSPS) is 13.2. The Balaban J connectivity index is 1.23. The van der Waals surface area contributed by atoms with Crippen LogP contribution in [0, 0.1) is 6.92 Å². The zero-order chi connectivity index (χ0) is 28.6. The number of aryl methyl sites for hydroxylation is 1. The summed E-state index contributed by atoms with van der Waals surface area (Å²) in [4.78, 5) is 30.3. The largest absolute Gasteiger partial charge is 0.324 e. The monoisotopic (exact) mass is 571 g/mol. The van der Waals surface area contributed by atoms with E-state index in [1.807, 2.05) is 77.5 Å². The maximum absolute atomic E-state index is 12.8. The van der Waals surface area contributed by atoms with Crippen molar-refractivity contribution in [3.05, 3.63) is 112 Å². The highest BCUT2D eigenvalue weighted by Gasteiger charge is 2.19. The zero-order valence-corrected chi connectivity index (χ0v) is 24.2. The summed E-state index contributed by atoms with van der Waals surface area (Å²) < 4.78 is 2.04. The minimum Gasteiger partial charge on any atom is -0.324 e. The molecule has 8 nitrogen and oxygen atoms in total. The summed E-state index contributed by atoms with van der Waals surface area (Å²) in [5, 5.41) is 8.42. The lowest BCUT2D eigenvalue weighted by molar-refractivity contribution is 0.103. The van der Waals surface area contributed by atoms with Crippen LogP contribution in [0.5, 0.6) is 0 Å². The van der Waals surface area contributed by atoms with Crippen LogP contribution in [0.25, 0.3) is 28.3 Å². The number of thiophene rings is 1. The number of amides is 1. The summed E-state index contributed by atoms with van der Waals surface area (Å²) in [6, 6.07) is 24.0. The van der Waals surface area contributed by atoms with E-state index < -0.39 is 0 Å². The molecule has 0 unspecified atom stereocenters. The molecule has 9 heteroatoms. The lowest BCUT2D eigenvalue weighted by Gasteiger charge is -2.25. The second kappa shape index (κ2) is 10.8. The van der Waals surface area contributed by atoms with E-state index in [2.05, 4.69) is 45.8 Å². The summed E-state index contributed by atoms with van der Waals surface area (Å²) in [6.07, 6.45) is 4.82. The SMILES string of the molecule is Cc1csc(C(=O)Nc2cccc(-c3nc4ccccn4c3-c3ccnc(Nc4ccc5c(c4)CN(C)CC5)n3)c2)c1. The van der Waals surface area contributed by atoms with Gasteiger partial charge in [-0.05, 0) is 91.0 Å². The molecule has 1 amide bonds. The Labute approximate surface area is 247 Å². The fourth-order valence-corrected chi connectivity index (χ4v) is 6.18. The number of hydrogen-bond donors (Lipinski definition) is 2. The molecule has 208 valence electrons. The van der Waals surface area contributed by atoms with Crippen molar-refractivity contribution in [2.45, 2.75) is 19.9 Å². The molecule has 6 aromatic rings. The van der Waals surface area contributed by atoms with Gasteiger partial charge < -0.3 is 15.5 Å². The fourth-order valence-electron chi connectivity index (χ4n) is 5.38. The molecule has 1 aliphatic heterocycles. The van der Waals surface area contributed by atoms with Crippen LogP contribution in [0.4, 0.5) is 17.3 Å². The first-order chi connectivity index (χ1) is 20.5. The number of fused-ring (bicyclic) bond motifs is 2. The first-order valence-electron chi connectivity index (χ1n) is 13.8. The number of imidazole rings is 1. The van der Waals surface area contributed by atoms with Gasteiger partial charge in [-0.3, -0.25) is 9.20 Å². The van der Waals surface area contributed by atoms with Crippen molar-refractivity contribution < 1.29 is 4.79 Å². The van der Waals surface area contributed by atoms with Gasteiger partial charge in [-0.2, -0.15) is 0 Å². The molecule has 0 saturated heterocycles. The number of anilines is 3. The van der Waals surface area contributed by atoms with Gasteiger partial charge in [0.15, 0.2) is 0 Å². The van der Waals surface area contributed by atoms with E-state index in [1.165, 1.54) is 22.5 Å². The number of carbonyl (C=O) groups is 1. The van der Waals surface area contributed by atoms with Gasteiger partial charge in [-0.25, -0.2) is 15.0 Å². The number of benzene rings is 2. The number of nitrogens with zero attached hydrogens (tertiary/aromatic N) is 5. The predicted molar refractivity (Wildman–Crippen MR) is 168 cm³/mol. The highest BCUT2D eigenvalue weighted by atomic mass is 32.1. The van der Waals surface area contributed by atoms with Gasteiger partial charge in [-0.1, -0.05) is 24.3 Å². The van der Waals surface area contributed by atoms with E-state index >= 15 is 0 Å². The Morgan fingerprint density at radius 1 is 0.952 bits per heavy atom. The van der Waals surface area contributed by atoms with Gasteiger partial charge in [0.2, 0.25) is 5.95 Å². The molecule has 0 fully saturated rings. The minimum atomic E-state index is -0.124. The molecule has 0 radical (unpaired) electrons. The van der Waals surface area contributed by atoms with Crippen LogP contribution in [-0.2, 0) is 13.0 Å². The standard InChI is InChI=1S/C33H29N7OS/c1-21-16-28(42-20-21)32(41)35-25-7-5-6-23(17-25)30-31(40-14-4-3-8-29(40)38-30)27-11-13-34-33(37-27)36-26-10-9-22-12-15-39(2)19-24(22)18-26/h3-11,13-14,16-18,20H,12,15,19H2,1-2H3,(H,35,41)(H,34,36,37). The summed E-state index contributed by atoms with van der Waals surface area (Å²) >= 11 is 1.44. The third-order valence-electron chi connectivity index (χ3n) is 7.44. The van der Waals surface area contributed by atoms with Crippen LogP contribution in [-0.4, -0.2) is 43.8 Å². The van der Waals surface area contributed by atoms with Crippen molar-refractivity contribution in [2.24, 2.45) is 0 Å². The molecule has 0 saturated carbocycles. The Morgan fingerprint density at radius 2 is 1.88 bits per heavy atom. The Hall–Kier alpha value is -4.86. The average molecular weight is 572 g/mol. The molecule has 0 spiro atoms. The number of likely N-dealkylation sites (N-methyl/N-ethyl adjacent to an activating group) is 1. The third kappa shape index (κ3) is 5.15. The number of nitrogens with one attached hydrogen (secondary N) is 2. The van der Waals surface area contributed by atoms with E-state index in [-0.39, 0.29) is 5.91 Å². The Morgan fingerprint density at radius 3 is 2.76 bits per heavy atom. The average Bonchev–Trinajstić information content (AvgIpc) is 3.61. The highest BCUT2D eigenvalue weighted by Crippen LogP contribution is 2.34. The highest BCUT2D eigenvalue weighted by molar-refractivity contribution is 7.12. The molecule has 2 aromatic carbocycles. The topological polar surface area (TPSA) is 87.5 Å². The number of pyridine rings is 1. The van der Waals surface area contributed by atoms with Crippen molar-refractivity contribution in [3.63, 3.8) is 0 Å². The molecule has 42 heavy (non-hydrogen) atoms. The van der Waals surface area contributed by atoms with Crippen LogP contribution < -0.4 is 10.6 Å². The third-order valence-corrected chi connectivity index (χ3v) is 8.49. The van der Waals surface area contributed by atoms with Crippen molar-refractivity contribution >= 4 is 40.2 Å². The molecule has 0 aliphatic carbocycles. The van der Waals surface area contributed by atoms with Gasteiger partial charge in [0.05, 0.1) is 22.0 Å². The molecule has 1 aliphatic rings. The number of rotatable bonds is 6. The van der Waals surface area contributed by atoms with E-state index in [9.17, 15) is 4.79 Å². The molecule has 4 aromatic heterocycles. The maximum Gasteiger partial charge on any atom is 0.265 e. The predicted octanol–water partition coefficient (Wildman–Crippen LogP) is 6.81. The summed E-state index contributed by atoms with van der Waals surface area (Å²) in [6.45, 7) is 4.00. The minimum absolute atomic E-state index is 0.124. The molecule has 0 bridgehead atoms. The van der Waals surface area contributed by atoms with Crippen molar-refractivity contribution in [2.75, 3.05) is 24.2 Å². The second-order valence-electron chi connectivity index (χ2n) is 10.6. The lowest BCUT2D eigenvalue weighted by atomic mass is 9.99. The molecular formula is C33H29N7OS. The van der Waals surface area contributed by atoms with Crippen LogP contribution in [0.3, 0.4) is 0 Å². The van der Waals surface area contributed by atoms with Crippen LogP contribution in [0.1, 0.15) is 26.4 Å². The van der Waals surface area contributed by atoms with Gasteiger partial charge in [0.1, 0.15) is 5.65 Å². The van der Waals surface area contributed by atoms with Gasteiger partial charge in [-0.15, -0.1) is 11.3 Å². The van der Waals surface area contributed by atoms with Crippen molar-refractivity contribution in [1.29, 1.82) is 0 Å². The molecule has 5 heterocycles. The summed E-state index contributed by atoms with van der Waals surface area (Å²) in [5.41, 5.74) is 9.50. The van der Waals surface area contributed by atoms with E-state index in [0.717, 1.165) is 59.1 Å². The number of hydrogen-bond acceptors (Lipinski definition) is 7. The van der Waals surface area contributed by atoms with Crippen LogP contribution in [0.15, 0.2) is 90.6 Å². The quantitative estimate of drug-likeness (QED) is 0.228. The van der Waals surface area contributed by atoms with Gasteiger partial charge in [0, 0.05) is 42.4 Å². The van der Waals surface area contributed by atoms with Crippen LogP contribution in [0.2, 0.25) is 0 Å². The molecule has 2 N–H and O–H groups in total. The zero-order valence-electron chi connectivity index (χ0n) is 23.3. The summed E-state index contributed by atoms with van der Waals surface area (Å²) in [7, 11) is 2.15. The van der Waals surface area contributed by atoms with Crippen LogP contribution >= 0.6 is 11.3 Å². The first-order valence-corrected chi connectivity index (χ1v) is 14.7. The van der Waals surface area contributed by atoms with Gasteiger partial charge >= 0.3 is 0 Å². The second-order valence-corrected chi connectivity index (χ2v) is 11.5. The Bertz CT molecular complexity index is 1940.